The molecule has 3 rings (SSSR count). The van der Waals surface area contributed by atoms with Crippen LogP contribution in [0.2, 0.25) is 0 Å². The summed E-state index contributed by atoms with van der Waals surface area (Å²) in [6.07, 6.45) is 1.74. The molecule has 0 aliphatic carbocycles. The average Bonchev–Trinajstić information content (AvgIpc) is 3.04. The number of carbonyl (C=O) groups is 1. The molecule has 2 aromatic rings. The summed E-state index contributed by atoms with van der Waals surface area (Å²) in [4.78, 5) is 12.1. The molecule has 0 spiro atoms. The van der Waals surface area contributed by atoms with Gasteiger partial charge < -0.3 is 20.1 Å². The predicted molar refractivity (Wildman–Crippen MR) is 98.6 cm³/mol. The zero-order valence-corrected chi connectivity index (χ0v) is 14.7. The van der Waals surface area contributed by atoms with E-state index in [2.05, 4.69) is 22.8 Å². The van der Waals surface area contributed by atoms with E-state index in [0.717, 1.165) is 36.6 Å². The SMILES string of the molecule is CCOc1ccc(NC(=O)NC(C)Cc2ccc3c(c2)CCO3)cc1. The smallest absolute Gasteiger partial charge is 0.319 e. The van der Waals surface area contributed by atoms with Gasteiger partial charge in [-0.3, -0.25) is 0 Å². The number of anilines is 1. The van der Waals surface area contributed by atoms with Gasteiger partial charge in [-0.05, 0) is 61.7 Å². The van der Waals surface area contributed by atoms with Crippen LogP contribution in [0.3, 0.4) is 0 Å². The lowest BCUT2D eigenvalue weighted by Gasteiger charge is -2.15. The Balaban J connectivity index is 1.50. The quantitative estimate of drug-likeness (QED) is 0.841. The third-order valence-electron chi connectivity index (χ3n) is 4.10. The Morgan fingerprint density at radius 1 is 1.24 bits per heavy atom. The van der Waals surface area contributed by atoms with Crippen molar-refractivity contribution < 1.29 is 14.3 Å². The highest BCUT2D eigenvalue weighted by molar-refractivity contribution is 5.89. The van der Waals surface area contributed by atoms with Crippen LogP contribution >= 0.6 is 0 Å². The Morgan fingerprint density at radius 2 is 2.04 bits per heavy atom. The molecule has 0 saturated carbocycles. The number of urea groups is 1. The first-order chi connectivity index (χ1) is 12.1. The maximum Gasteiger partial charge on any atom is 0.319 e. The molecular weight excluding hydrogens is 316 g/mol. The molecule has 2 N–H and O–H groups in total. The van der Waals surface area contributed by atoms with Crippen LogP contribution in [0, 0.1) is 0 Å². The van der Waals surface area contributed by atoms with E-state index in [1.54, 1.807) is 0 Å². The zero-order chi connectivity index (χ0) is 17.6. The van der Waals surface area contributed by atoms with Crippen LogP contribution in [0.4, 0.5) is 10.5 Å². The molecule has 2 amide bonds. The number of benzene rings is 2. The van der Waals surface area contributed by atoms with Crippen molar-refractivity contribution in [2.75, 3.05) is 18.5 Å². The highest BCUT2D eigenvalue weighted by Gasteiger charge is 2.14. The molecule has 2 aromatic carbocycles. The van der Waals surface area contributed by atoms with Crippen molar-refractivity contribution in [2.45, 2.75) is 32.7 Å². The summed E-state index contributed by atoms with van der Waals surface area (Å²) in [6.45, 7) is 5.33. The number of carbonyl (C=O) groups excluding carboxylic acids is 1. The van der Waals surface area contributed by atoms with E-state index in [1.807, 2.05) is 44.2 Å². The van der Waals surface area contributed by atoms with Gasteiger partial charge in [0, 0.05) is 18.2 Å². The molecule has 0 radical (unpaired) electrons. The minimum Gasteiger partial charge on any atom is -0.494 e. The van der Waals surface area contributed by atoms with E-state index < -0.39 is 0 Å². The minimum atomic E-state index is -0.207. The number of hydrogen-bond donors (Lipinski definition) is 2. The molecule has 0 bridgehead atoms. The van der Waals surface area contributed by atoms with E-state index in [4.69, 9.17) is 9.47 Å². The molecule has 25 heavy (non-hydrogen) atoms. The van der Waals surface area contributed by atoms with Gasteiger partial charge in [-0.2, -0.15) is 0 Å². The standard InChI is InChI=1S/C20H24N2O3/c1-3-24-18-7-5-17(6-8-18)22-20(23)21-14(2)12-15-4-9-19-16(13-15)10-11-25-19/h4-9,13-14H,3,10-12H2,1-2H3,(H2,21,22,23). The number of hydrogen-bond acceptors (Lipinski definition) is 3. The normalized spacial score (nSPS) is 13.5. The van der Waals surface area contributed by atoms with Gasteiger partial charge in [-0.15, -0.1) is 0 Å². The van der Waals surface area contributed by atoms with Crippen LogP contribution in [0.5, 0.6) is 11.5 Å². The van der Waals surface area contributed by atoms with Crippen molar-refractivity contribution >= 4 is 11.7 Å². The lowest BCUT2D eigenvalue weighted by atomic mass is 10.0. The second kappa shape index (κ2) is 7.92. The lowest BCUT2D eigenvalue weighted by molar-refractivity contribution is 0.249. The minimum absolute atomic E-state index is 0.0306. The van der Waals surface area contributed by atoms with Gasteiger partial charge >= 0.3 is 6.03 Å². The van der Waals surface area contributed by atoms with Gasteiger partial charge in [0.2, 0.25) is 0 Å². The van der Waals surface area contributed by atoms with Crippen molar-refractivity contribution in [1.29, 1.82) is 0 Å². The molecule has 1 heterocycles. The number of amides is 2. The molecule has 0 aromatic heterocycles. The van der Waals surface area contributed by atoms with Crippen molar-refractivity contribution in [3.05, 3.63) is 53.6 Å². The number of rotatable bonds is 6. The van der Waals surface area contributed by atoms with Crippen LogP contribution in [0.1, 0.15) is 25.0 Å². The largest absolute Gasteiger partial charge is 0.494 e. The van der Waals surface area contributed by atoms with E-state index in [-0.39, 0.29) is 12.1 Å². The Kier molecular flexibility index (Phi) is 5.43. The van der Waals surface area contributed by atoms with E-state index in [0.29, 0.717) is 6.61 Å². The monoisotopic (exact) mass is 340 g/mol. The summed E-state index contributed by atoms with van der Waals surface area (Å²) in [7, 11) is 0. The predicted octanol–water partition coefficient (Wildman–Crippen LogP) is 3.77. The fraction of sp³-hybridized carbons (Fsp3) is 0.350. The molecule has 0 saturated heterocycles. The summed E-state index contributed by atoms with van der Waals surface area (Å²) >= 11 is 0. The number of ether oxygens (including phenoxy) is 2. The maximum absolute atomic E-state index is 12.1. The number of fused-ring (bicyclic) bond motifs is 1. The highest BCUT2D eigenvalue weighted by atomic mass is 16.5. The number of nitrogens with one attached hydrogen (secondary N) is 2. The van der Waals surface area contributed by atoms with Crippen molar-refractivity contribution in [2.24, 2.45) is 0 Å². The zero-order valence-electron chi connectivity index (χ0n) is 14.7. The Bertz CT molecular complexity index is 728. The molecule has 0 fully saturated rings. The molecular formula is C20H24N2O3. The van der Waals surface area contributed by atoms with Gasteiger partial charge in [0.1, 0.15) is 11.5 Å². The Morgan fingerprint density at radius 3 is 2.80 bits per heavy atom. The van der Waals surface area contributed by atoms with E-state index >= 15 is 0 Å². The van der Waals surface area contributed by atoms with Gasteiger partial charge in [0.05, 0.1) is 13.2 Å². The van der Waals surface area contributed by atoms with Gasteiger partial charge in [-0.25, -0.2) is 4.79 Å². The van der Waals surface area contributed by atoms with E-state index in [9.17, 15) is 4.79 Å². The molecule has 5 nitrogen and oxygen atoms in total. The van der Waals surface area contributed by atoms with Crippen LogP contribution in [0.15, 0.2) is 42.5 Å². The maximum atomic E-state index is 12.1. The second-order valence-corrected chi connectivity index (χ2v) is 6.20. The van der Waals surface area contributed by atoms with Gasteiger partial charge in [0.15, 0.2) is 0 Å². The van der Waals surface area contributed by atoms with Crippen molar-refractivity contribution in [3.8, 4) is 11.5 Å². The van der Waals surface area contributed by atoms with Crippen LogP contribution in [0.25, 0.3) is 0 Å². The molecule has 1 aliphatic heterocycles. The highest BCUT2D eigenvalue weighted by Crippen LogP contribution is 2.26. The Hall–Kier alpha value is -2.69. The summed E-state index contributed by atoms with van der Waals surface area (Å²) in [5.74, 6) is 1.78. The topological polar surface area (TPSA) is 59.6 Å². The summed E-state index contributed by atoms with van der Waals surface area (Å²) in [5.41, 5.74) is 3.20. The van der Waals surface area contributed by atoms with Crippen LogP contribution in [-0.4, -0.2) is 25.3 Å². The van der Waals surface area contributed by atoms with Gasteiger partial charge in [-0.1, -0.05) is 12.1 Å². The van der Waals surface area contributed by atoms with Crippen LogP contribution < -0.4 is 20.1 Å². The molecule has 5 heteroatoms. The third kappa shape index (κ3) is 4.66. The van der Waals surface area contributed by atoms with Gasteiger partial charge in [0.25, 0.3) is 0 Å². The molecule has 1 atom stereocenters. The fourth-order valence-electron chi connectivity index (χ4n) is 2.96. The molecule has 1 aliphatic rings. The van der Waals surface area contributed by atoms with Crippen molar-refractivity contribution in [1.82, 2.24) is 5.32 Å². The first kappa shape index (κ1) is 17.1. The van der Waals surface area contributed by atoms with Crippen molar-refractivity contribution in [3.63, 3.8) is 0 Å². The first-order valence-corrected chi connectivity index (χ1v) is 8.69. The summed E-state index contributed by atoms with van der Waals surface area (Å²) in [6, 6.07) is 13.4. The molecule has 132 valence electrons. The average molecular weight is 340 g/mol. The second-order valence-electron chi connectivity index (χ2n) is 6.20. The summed E-state index contributed by atoms with van der Waals surface area (Å²) < 4.78 is 10.9. The fourth-order valence-corrected chi connectivity index (χ4v) is 2.96. The van der Waals surface area contributed by atoms with E-state index in [1.165, 1.54) is 11.1 Å². The lowest BCUT2D eigenvalue weighted by Crippen LogP contribution is -2.37. The molecule has 1 unspecified atom stereocenters. The Labute approximate surface area is 148 Å². The van der Waals surface area contributed by atoms with Crippen LogP contribution in [-0.2, 0) is 12.8 Å². The third-order valence-corrected chi connectivity index (χ3v) is 4.10. The first-order valence-electron chi connectivity index (χ1n) is 8.69. The summed E-state index contributed by atoms with van der Waals surface area (Å²) in [5, 5.41) is 5.82.